The minimum Gasteiger partial charge on any atom is -0.0776 e. The molecule has 0 heteroatoms. The molecule has 0 fully saturated rings. The van der Waals surface area contributed by atoms with Gasteiger partial charge in [-0.15, -0.1) is 0 Å². The van der Waals surface area contributed by atoms with Gasteiger partial charge in [-0.3, -0.25) is 0 Å². The molecule has 0 aromatic heterocycles. The molecule has 0 bridgehead atoms. The van der Waals surface area contributed by atoms with Crippen molar-refractivity contribution in [2.24, 2.45) is 0 Å². The second-order valence-electron chi connectivity index (χ2n) is 27.5. The molecule has 0 atom stereocenters. The second kappa shape index (κ2) is 45.4. The third-order valence-corrected chi connectivity index (χ3v) is 20.3. The molecular weight excluding hydrogens is 1410 g/mol. The lowest BCUT2D eigenvalue weighted by atomic mass is 9.95. The van der Waals surface area contributed by atoms with E-state index in [2.05, 4.69) is 451 Å². The Hall–Kier alpha value is -13.5. The molecule has 0 N–H and O–H groups in total. The van der Waals surface area contributed by atoms with Crippen LogP contribution in [0.5, 0.6) is 0 Å². The van der Waals surface area contributed by atoms with Crippen LogP contribution in [0.4, 0.5) is 0 Å². The predicted molar refractivity (Wildman–Crippen MR) is 529 cm³/mol. The molecule has 0 aliphatic heterocycles. The highest BCUT2D eigenvalue weighted by Crippen LogP contribution is 2.39. The van der Waals surface area contributed by atoms with Crippen LogP contribution >= 0.6 is 0 Å². The van der Waals surface area contributed by atoms with E-state index in [0.29, 0.717) is 0 Å². The maximum Gasteiger partial charge on any atom is -0.00135 e. The zero-order valence-corrected chi connectivity index (χ0v) is 61.1. The van der Waals surface area contributed by atoms with Crippen LogP contribution in [0.15, 0.2) is 449 Å². The Balaban J connectivity index is 0.000000207. The summed E-state index contributed by atoms with van der Waals surface area (Å²) in [5.41, 5.74) is 19.2. The van der Waals surface area contributed by atoms with Crippen LogP contribution in [-0.4, -0.2) is 0 Å². The van der Waals surface area contributed by atoms with Crippen molar-refractivity contribution in [3.8, 4) is 44.5 Å². The highest BCUT2D eigenvalue weighted by molar-refractivity contribution is 6.25. The van der Waals surface area contributed by atoms with Crippen molar-refractivity contribution in [2.45, 2.75) is 93.5 Å². The number of benzene rings is 20. The van der Waals surface area contributed by atoms with E-state index in [1.165, 1.54) is 164 Å². The molecule has 2 aliphatic carbocycles. The van der Waals surface area contributed by atoms with Gasteiger partial charge in [0.25, 0.3) is 0 Å². The Labute approximate surface area is 701 Å². The summed E-state index contributed by atoms with van der Waals surface area (Å²) < 4.78 is 0. The fourth-order valence-corrected chi connectivity index (χ4v) is 14.8. The maximum absolute atomic E-state index is 2.24. The van der Waals surface area contributed by atoms with Crippen molar-refractivity contribution in [2.75, 3.05) is 0 Å². The minimum atomic E-state index is 0. The van der Waals surface area contributed by atoms with E-state index in [9.17, 15) is 0 Å². The van der Waals surface area contributed by atoms with Gasteiger partial charge in [-0.1, -0.05) is 509 Å². The van der Waals surface area contributed by atoms with E-state index in [4.69, 9.17) is 0 Å². The molecule has 0 amide bonds. The van der Waals surface area contributed by atoms with Crippen molar-refractivity contribution in [1.29, 1.82) is 0 Å². The summed E-state index contributed by atoms with van der Waals surface area (Å²) in [4.78, 5) is 0. The molecule has 2 aliphatic rings. The Morgan fingerprint density at radius 2 is 0.333 bits per heavy atom. The maximum atomic E-state index is 2.24. The normalized spacial score (nSPS) is 10.1. The van der Waals surface area contributed by atoms with Gasteiger partial charge >= 0.3 is 0 Å². The van der Waals surface area contributed by atoms with Crippen LogP contribution in [0.3, 0.4) is 0 Å². The fourth-order valence-electron chi connectivity index (χ4n) is 14.8. The number of hydrogen-bond acceptors (Lipinski definition) is 0. The van der Waals surface area contributed by atoms with Crippen LogP contribution in [0.25, 0.3) is 131 Å². The van der Waals surface area contributed by atoms with Crippen LogP contribution in [0.2, 0.25) is 0 Å². The van der Waals surface area contributed by atoms with Crippen molar-refractivity contribution >= 4 is 86.2 Å². The van der Waals surface area contributed by atoms with E-state index in [0.717, 1.165) is 12.8 Å². The predicted octanol–water partition coefficient (Wildman–Crippen LogP) is 35.5. The molecule has 20 aromatic rings. The molecule has 0 saturated carbocycles. The van der Waals surface area contributed by atoms with Gasteiger partial charge in [0.15, 0.2) is 0 Å². The first-order valence-electron chi connectivity index (χ1n) is 37.4. The van der Waals surface area contributed by atoms with Gasteiger partial charge in [-0.05, 0) is 198 Å². The number of hydrogen-bond donors (Lipinski definition) is 0. The quantitative estimate of drug-likeness (QED) is 0.120. The van der Waals surface area contributed by atoms with E-state index >= 15 is 0 Å². The topological polar surface area (TPSA) is 0 Å². The SMILES string of the molecule is C.C.C.C.C.C.C.C.C.Cc1ccc(C)cc1.c1ccc(-c2cccc(-c3ccccc3)c2)cc1.c1ccc2c(c1)Cc1ccccc1-2.c1ccc2c(c1)Cc1ccccc1-2.c1ccc2c(c1)c1ccccc1c1ccccc21.c1ccc2c(c1)ccc1ccccc12.c1ccc2cc3ccccc3cc2c1.c1ccc2ccccc2c1. The molecule has 0 spiro atoms. The number of aryl methyl sites for hydroxylation is 2. The van der Waals surface area contributed by atoms with Crippen LogP contribution in [-0.2, 0) is 12.8 Å². The zero-order valence-electron chi connectivity index (χ0n) is 61.1. The fraction of sp³-hybridized carbons (Fsp3) is 0.111. The number of rotatable bonds is 2. The standard InChI is InChI=1S/C18H12.C18H14.2C14H10.2C13H10.C10H8.C8H10.9CH4/c1-2-8-14-13(7-1)15-9-3-4-11-17(15)18-12-6-5-10-16(14)18;1-3-8-15(9-4-1)17-12-7-13-18(14-17)16-10-5-2-6-11-16;1-3-7-13-11(5-1)9-10-12-6-2-4-8-14(12)13;1-2-6-12-10-14-8-4-3-7-13(14)9-11(12)5-1;2*1-3-7-12-10(5-1)9-11-6-2-4-8-13(11)12;1-2-6-10-8-4-3-7-9(10)5-1;1-7-3-5-8(2)6-4-7;;;;;;;;;/h1-12H;1-14H;2*1-10H;2*1-8H,9H2;1-8H;3-6H,1-2H3;9*1H4. The number of fused-ring (bicyclic) bond motifs is 18. The molecule has 0 saturated heterocycles. The smallest absolute Gasteiger partial charge is 0.00135 e. The van der Waals surface area contributed by atoms with Gasteiger partial charge in [-0.25, -0.2) is 0 Å². The van der Waals surface area contributed by atoms with E-state index in [1.807, 2.05) is 12.1 Å². The lowest BCUT2D eigenvalue weighted by molar-refractivity contribution is 1.26. The highest BCUT2D eigenvalue weighted by Gasteiger charge is 2.17. The van der Waals surface area contributed by atoms with Crippen LogP contribution in [0, 0.1) is 13.8 Å². The molecule has 0 radical (unpaired) electrons. The third-order valence-electron chi connectivity index (χ3n) is 20.3. The minimum absolute atomic E-state index is 0. The van der Waals surface area contributed by atoms with Crippen molar-refractivity contribution < 1.29 is 0 Å². The Kier molecular flexibility index (Phi) is 35.8. The molecule has 0 heterocycles. The summed E-state index contributed by atoms with van der Waals surface area (Å²) in [5.74, 6) is 0. The van der Waals surface area contributed by atoms with E-state index in [-0.39, 0.29) is 66.8 Å². The molecule has 22 rings (SSSR count). The molecule has 117 heavy (non-hydrogen) atoms. The third kappa shape index (κ3) is 22.5. The summed E-state index contributed by atoms with van der Waals surface area (Å²) >= 11 is 0. The lowest BCUT2D eigenvalue weighted by Gasteiger charge is -2.09. The summed E-state index contributed by atoms with van der Waals surface area (Å²) in [7, 11) is 0. The Bertz CT molecular complexity index is 5670. The summed E-state index contributed by atoms with van der Waals surface area (Å²) in [5, 5.41) is 21.2. The second-order valence-corrected chi connectivity index (χ2v) is 27.5. The van der Waals surface area contributed by atoms with Gasteiger partial charge in [0.2, 0.25) is 0 Å². The van der Waals surface area contributed by atoms with Gasteiger partial charge in [0.1, 0.15) is 0 Å². The average Bonchev–Trinajstić information content (AvgIpc) is 1.01. The average molecular weight is 1530 g/mol. The first kappa shape index (κ1) is 92.3. The van der Waals surface area contributed by atoms with Crippen molar-refractivity contribution in [1.82, 2.24) is 0 Å². The van der Waals surface area contributed by atoms with Gasteiger partial charge in [-0.2, -0.15) is 0 Å². The molecule has 0 nitrogen and oxygen atoms in total. The van der Waals surface area contributed by atoms with Gasteiger partial charge in [0, 0.05) is 0 Å². The zero-order chi connectivity index (χ0) is 73.1. The largest absolute Gasteiger partial charge is 0.0776 e. The molecule has 20 aromatic carbocycles. The lowest BCUT2D eigenvalue weighted by Crippen LogP contribution is -1.81. The summed E-state index contributed by atoms with van der Waals surface area (Å²) in [6.45, 7) is 4.19. The Morgan fingerprint density at radius 3 is 0.598 bits per heavy atom. The van der Waals surface area contributed by atoms with Gasteiger partial charge in [0.05, 0.1) is 0 Å². The monoisotopic (exact) mass is 1520 g/mol. The van der Waals surface area contributed by atoms with E-state index < -0.39 is 0 Å². The molecule has 588 valence electrons. The van der Waals surface area contributed by atoms with Gasteiger partial charge < -0.3 is 0 Å². The highest BCUT2D eigenvalue weighted by atomic mass is 14.2. The van der Waals surface area contributed by atoms with Crippen molar-refractivity contribution in [3.05, 3.63) is 482 Å². The van der Waals surface area contributed by atoms with Crippen LogP contribution < -0.4 is 0 Å². The Morgan fingerprint density at radius 1 is 0.137 bits per heavy atom. The first-order chi connectivity index (χ1) is 53.4. The first-order valence-corrected chi connectivity index (χ1v) is 37.4. The van der Waals surface area contributed by atoms with Crippen LogP contribution in [0.1, 0.15) is 100 Å². The van der Waals surface area contributed by atoms with E-state index in [1.54, 1.807) is 0 Å². The molecule has 0 unspecified atom stereocenters. The van der Waals surface area contributed by atoms with Crippen molar-refractivity contribution in [3.63, 3.8) is 0 Å². The summed E-state index contributed by atoms with van der Waals surface area (Å²) in [6, 6.07) is 158. The summed E-state index contributed by atoms with van der Waals surface area (Å²) in [6.07, 6.45) is 2.21. The molecular formula is C117H120.